The van der Waals surface area contributed by atoms with Crippen LogP contribution in [-0.2, 0) is 40.6 Å². The summed E-state index contributed by atoms with van der Waals surface area (Å²) in [6.07, 6.45) is 0. The maximum absolute atomic E-state index is 12.3. The number of carbonyl (C=O) groups is 2. The van der Waals surface area contributed by atoms with Crippen LogP contribution >= 0.6 is 11.6 Å². The summed E-state index contributed by atoms with van der Waals surface area (Å²) < 4.78 is 85.9. The highest BCUT2D eigenvalue weighted by atomic mass is 35.5. The van der Waals surface area contributed by atoms with E-state index in [-0.39, 0.29) is 46.0 Å². The van der Waals surface area contributed by atoms with Crippen LogP contribution in [0.2, 0.25) is 0 Å². The van der Waals surface area contributed by atoms with Crippen LogP contribution in [-0.4, -0.2) is 62.9 Å². The van der Waals surface area contributed by atoms with Gasteiger partial charge in [-0.25, -0.2) is 8.42 Å². The highest BCUT2D eigenvalue weighted by Gasteiger charge is 2.16. The van der Waals surface area contributed by atoms with Gasteiger partial charge in [0, 0.05) is 41.2 Å². The Labute approximate surface area is 269 Å². The molecule has 0 unspecified atom stereocenters. The van der Waals surface area contributed by atoms with Gasteiger partial charge in [0.15, 0.2) is 9.84 Å². The van der Waals surface area contributed by atoms with Gasteiger partial charge >= 0.3 is 0 Å². The molecule has 0 fully saturated rings. The van der Waals surface area contributed by atoms with E-state index in [9.17, 15) is 39.9 Å². The first-order chi connectivity index (χ1) is 21.3. The first-order valence-electron chi connectivity index (χ1n) is 12.8. The molecule has 246 valence electrons. The topological polar surface area (TPSA) is 247 Å². The van der Waals surface area contributed by atoms with Crippen molar-refractivity contribution in [1.82, 2.24) is 0 Å². The van der Waals surface area contributed by atoms with Gasteiger partial charge in [-0.15, -0.1) is 11.6 Å². The minimum Gasteiger partial charge on any atom is -0.507 e. The summed E-state index contributed by atoms with van der Waals surface area (Å²) in [4.78, 5) is 22.3. The number of hydrogen-bond donors (Lipinski definition) is 6. The Balaban J connectivity index is 0.000000266. The molecule has 0 aliphatic rings. The number of nitrogens with two attached hydrogens (primary N) is 1. The van der Waals surface area contributed by atoms with Gasteiger partial charge in [-0.2, -0.15) is 16.8 Å². The van der Waals surface area contributed by atoms with Crippen molar-refractivity contribution in [2.24, 2.45) is 0 Å². The Morgan fingerprint density at radius 3 is 1.96 bits per heavy atom. The number of nitrogens with one attached hydrogen (secondary N) is 2. The predicted octanol–water partition coefficient (Wildman–Crippen LogP) is 3.67. The van der Waals surface area contributed by atoms with Gasteiger partial charge in [0.1, 0.15) is 10.6 Å². The first-order valence-corrected chi connectivity index (χ1v) is 18.1. The van der Waals surface area contributed by atoms with Gasteiger partial charge in [0.2, 0.25) is 5.91 Å². The Hall–Kier alpha value is -4.26. The lowest BCUT2D eigenvalue weighted by Crippen LogP contribution is -2.13. The van der Waals surface area contributed by atoms with Crippen molar-refractivity contribution in [3.05, 3.63) is 83.9 Å². The van der Waals surface area contributed by atoms with Crippen LogP contribution in [0.5, 0.6) is 5.75 Å². The molecular formula is C28H28ClN3O11S3. The predicted molar refractivity (Wildman–Crippen MR) is 173 cm³/mol. The van der Waals surface area contributed by atoms with Crippen molar-refractivity contribution in [3.8, 4) is 5.75 Å². The number of aromatic hydroxyl groups is 1. The number of anilines is 3. The monoisotopic (exact) mass is 713 g/mol. The molecule has 0 heterocycles. The molecule has 2 amide bonds. The van der Waals surface area contributed by atoms with E-state index in [1.807, 2.05) is 0 Å². The summed E-state index contributed by atoms with van der Waals surface area (Å²) in [5.41, 5.74) is 6.85. The molecule has 7 N–H and O–H groups in total. The number of nitrogen functional groups attached to an aromatic ring is 1. The lowest BCUT2D eigenvalue weighted by Gasteiger charge is -2.09. The molecule has 46 heavy (non-hydrogen) atoms. The van der Waals surface area contributed by atoms with Gasteiger partial charge in [0.05, 0.1) is 22.1 Å². The summed E-state index contributed by atoms with van der Waals surface area (Å²) in [6.45, 7) is 1.34. The Morgan fingerprint density at radius 2 is 1.41 bits per heavy atom. The van der Waals surface area contributed by atoms with Crippen molar-refractivity contribution in [2.75, 3.05) is 28.0 Å². The van der Waals surface area contributed by atoms with Gasteiger partial charge in [-0.3, -0.25) is 18.7 Å². The molecule has 4 aromatic rings. The number of alkyl halides is 1. The minimum absolute atomic E-state index is 0.0162. The van der Waals surface area contributed by atoms with Gasteiger partial charge < -0.3 is 21.5 Å². The highest BCUT2D eigenvalue weighted by molar-refractivity contribution is 7.90. The molecule has 18 heteroatoms. The average Bonchev–Trinajstić information content (AvgIpc) is 2.92. The SMILES string of the molecule is CC(=O)Nc1ccc2c(O)cc(S(=O)(=O)O)cc2c1.Nc1cc(NC(=O)c2ccc(CS(=O)(=O)CCCl)cc2)ccc1S(=O)(=O)O. The van der Waals surface area contributed by atoms with Gasteiger partial charge in [0.25, 0.3) is 26.1 Å². The third kappa shape index (κ3) is 10.1. The van der Waals surface area contributed by atoms with Crippen molar-refractivity contribution < 1.29 is 49.1 Å². The quantitative estimate of drug-likeness (QED) is 0.0826. The van der Waals surface area contributed by atoms with E-state index in [0.29, 0.717) is 22.0 Å². The summed E-state index contributed by atoms with van der Waals surface area (Å²) in [5.74, 6) is -1.31. The molecule has 4 rings (SSSR count). The number of carbonyl (C=O) groups excluding carboxylic acids is 2. The molecule has 0 aliphatic carbocycles. The lowest BCUT2D eigenvalue weighted by atomic mass is 10.1. The molecule has 0 aromatic heterocycles. The van der Waals surface area contributed by atoms with Crippen molar-refractivity contribution in [3.63, 3.8) is 0 Å². The molecule has 0 spiro atoms. The van der Waals surface area contributed by atoms with Crippen LogP contribution in [0.1, 0.15) is 22.8 Å². The number of rotatable bonds is 9. The lowest BCUT2D eigenvalue weighted by molar-refractivity contribution is -0.114. The fourth-order valence-corrected chi connectivity index (χ4v) is 6.93. The van der Waals surface area contributed by atoms with Crippen molar-refractivity contribution in [2.45, 2.75) is 22.5 Å². The summed E-state index contributed by atoms with van der Waals surface area (Å²) in [6, 6.07) is 16.4. The standard InChI is InChI=1S/C16H17ClN2O6S2.C12H11NO5S/c17-7-8-26(21,22)10-11-1-3-12(4-2-11)16(20)19-13-5-6-15(14(18)9-13)27(23,24)25;1-7(14)13-9-2-3-11-8(4-9)5-10(6-12(11)15)19(16,17)18/h1-6,9H,7-8,10,18H2,(H,19,20)(H,23,24,25);2-6,15H,1H3,(H,13,14)(H,16,17,18). The van der Waals surface area contributed by atoms with Gasteiger partial charge in [-0.1, -0.05) is 12.1 Å². The largest absolute Gasteiger partial charge is 0.507 e. The Morgan fingerprint density at radius 1 is 0.804 bits per heavy atom. The second-order valence-electron chi connectivity index (χ2n) is 9.69. The van der Waals surface area contributed by atoms with Crippen LogP contribution in [0.3, 0.4) is 0 Å². The molecule has 14 nitrogen and oxygen atoms in total. The number of fused-ring (bicyclic) bond motifs is 1. The number of halogens is 1. The first kappa shape index (κ1) is 36.2. The molecule has 0 bridgehead atoms. The highest BCUT2D eigenvalue weighted by Crippen LogP contribution is 2.30. The van der Waals surface area contributed by atoms with Crippen LogP contribution < -0.4 is 16.4 Å². The van der Waals surface area contributed by atoms with E-state index in [4.69, 9.17) is 26.4 Å². The molecule has 0 atom stereocenters. The van der Waals surface area contributed by atoms with Crippen LogP contribution in [0.15, 0.2) is 82.6 Å². The van der Waals surface area contributed by atoms with E-state index < -0.39 is 45.8 Å². The molecule has 0 aliphatic heterocycles. The molecule has 0 saturated heterocycles. The van der Waals surface area contributed by atoms with E-state index in [1.54, 1.807) is 12.1 Å². The van der Waals surface area contributed by atoms with E-state index in [2.05, 4.69) is 10.6 Å². The maximum atomic E-state index is 12.3. The Kier molecular flexibility index (Phi) is 11.4. The number of sulfone groups is 1. The maximum Gasteiger partial charge on any atom is 0.296 e. The fourth-order valence-electron chi connectivity index (χ4n) is 4.01. The van der Waals surface area contributed by atoms with Crippen molar-refractivity contribution in [1.29, 1.82) is 0 Å². The summed E-state index contributed by atoms with van der Waals surface area (Å²) >= 11 is 5.45. The third-order valence-electron chi connectivity index (χ3n) is 6.06. The zero-order valence-electron chi connectivity index (χ0n) is 23.8. The Bertz CT molecular complexity index is 2120. The van der Waals surface area contributed by atoms with Gasteiger partial charge in [-0.05, 0) is 65.5 Å². The second kappa shape index (κ2) is 14.4. The minimum atomic E-state index is -4.45. The van der Waals surface area contributed by atoms with E-state index in [0.717, 1.165) is 12.1 Å². The molecular weight excluding hydrogens is 686 g/mol. The van der Waals surface area contributed by atoms with Crippen LogP contribution in [0, 0.1) is 0 Å². The number of hydrogen-bond acceptors (Lipinski definition) is 10. The summed E-state index contributed by atoms with van der Waals surface area (Å²) in [7, 11) is -12.2. The second-order valence-corrected chi connectivity index (χ2v) is 15.1. The van der Waals surface area contributed by atoms with Crippen LogP contribution in [0.25, 0.3) is 10.8 Å². The third-order valence-corrected chi connectivity index (χ3v) is 9.83. The van der Waals surface area contributed by atoms with Crippen molar-refractivity contribution >= 4 is 81.3 Å². The fraction of sp³-hybridized carbons (Fsp3) is 0.143. The summed E-state index contributed by atoms with van der Waals surface area (Å²) in [5, 5.41) is 15.6. The zero-order valence-corrected chi connectivity index (χ0v) is 27.0. The molecule has 4 aromatic carbocycles. The number of phenols is 1. The average molecular weight is 714 g/mol. The van der Waals surface area contributed by atoms with E-state index >= 15 is 0 Å². The van der Waals surface area contributed by atoms with Crippen LogP contribution in [0.4, 0.5) is 17.1 Å². The zero-order chi connectivity index (χ0) is 34.4. The number of amides is 2. The smallest absolute Gasteiger partial charge is 0.296 e. The molecule has 0 radical (unpaired) electrons. The number of phenolic OH excluding ortho intramolecular Hbond substituents is 1. The number of benzene rings is 4. The normalized spacial score (nSPS) is 11.7. The van der Waals surface area contributed by atoms with E-state index in [1.165, 1.54) is 55.5 Å². The molecule has 0 saturated carbocycles.